The number of ether oxygens (including phenoxy) is 2. The van der Waals surface area contributed by atoms with E-state index in [-0.39, 0.29) is 23.6 Å². The monoisotopic (exact) mass is 442 g/mol. The summed E-state index contributed by atoms with van der Waals surface area (Å²) in [6.07, 6.45) is 6.89. The zero-order chi connectivity index (χ0) is 22.1. The molecule has 2 aromatic carbocycles. The summed E-state index contributed by atoms with van der Waals surface area (Å²) in [5.41, 5.74) is 1.25. The maximum Gasteiger partial charge on any atom is 0.252 e. The fourth-order valence-electron chi connectivity index (χ4n) is 3.72. The van der Waals surface area contributed by atoms with Crippen LogP contribution >= 0.6 is 11.8 Å². The molecule has 0 radical (unpaired) electrons. The maximum absolute atomic E-state index is 12.9. The highest BCUT2D eigenvalue weighted by Gasteiger charge is 2.18. The molecule has 0 heterocycles. The minimum absolute atomic E-state index is 0.0599. The van der Waals surface area contributed by atoms with Gasteiger partial charge >= 0.3 is 0 Å². The van der Waals surface area contributed by atoms with Crippen molar-refractivity contribution in [3.05, 3.63) is 48.0 Å². The first-order valence-corrected chi connectivity index (χ1v) is 11.6. The quantitative estimate of drug-likeness (QED) is 0.450. The molecule has 0 spiro atoms. The summed E-state index contributed by atoms with van der Waals surface area (Å²) in [6, 6.07) is 12.9. The number of amides is 2. The molecule has 1 fully saturated rings. The van der Waals surface area contributed by atoms with E-state index in [0.717, 1.165) is 30.6 Å². The lowest BCUT2D eigenvalue weighted by molar-refractivity contribution is -0.113. The highest BCUT2D eigenvalue weighted by atomic mass is 32.2. The van der Waals surface area contributed by atoms with Gasteiger partial charge in [0, 0.05) is 22.7 Å². The molecular formula is C24H30N2O4S. The first kappa shape index (κ1) is 23.0. The topological polar surface area (TPSA) is 76.7 Å². The van der Waals surface area contributed by atoms with Crippen LogP contribution in [0.1, 0.15) is 48.9 Å². The number of carbonyl (C=O) groups is 2. The van der Waals surface area contributed by atoms with Crippen LogP contribution in [0.25, 0.3) is 0 Å². The molecule has 31 heavy (non-hydrogen) atoms. The predicted molar refractivity (Wildman–Crippen MR) is 124 cm³/mol. The lowest BCUT2D eigenvalue weighted by atomic mass is 10.1. The first-order valence-electron chi connectivity index (χ1n) is 10.6. The van der Waals surface area contributed by atoms with Crippen LogP contribution in [0.2, 0.25) is 0 Å². The third-order valence-electron chi connectivity index (χ3n) is 5.35. The van der Waals surface area contributed by atoms with Crippen LogP contribution in [0.3, 0.4) is 0 Å². The molecule has 2 N–H and O–H groups in total. The molecule has 0 bridgehead atoms. The van der Waals surface area contributed by atoms with Gasteiger partial charge in [0.25, 0.3) is 5.91 Å². The van der Waals surface area contributed by atoms with Crippen molar-refractivity contribution in [1.82, 2.24) is 5.32 Å². The molecule has 0 aliphatic heterocycles. The number of nitrogens with one attached hydrogen (secondary N) is 2. The largest absolute Gasteiger partial charge is 0.493 e. The number of anilines is 1. The van der Waals surface area contributed by atoms with Crippen molar-refractivity contribution in [2.24, 2.45) is 0 Å². The van der Waals surface area contributed by atoms with Crippen LogP contribution in [-0.2, 0) is 4.79 Å². The van der Waals surface area contributed by atoms with E-state index in [4.69, 9.17) is 9.47 Å². The van der Waals surface area contributed by atoms with Gasteiger partial charge in [0.1, 0.15) is 0 Å². The highest BCUT2D eigenvalue weighted by Crippen LogP contribution is 2.30. The summed E-state index contributed by atoms with van der Waals surface area (Å²) in [5.74, 6) is 1.13. The lowest BCUT2D eigenvalue weighted by Gasteiger charge is -2.17. The van der Waals surface area contributed by atoms with Crippen LogP contribution in [0, 0.1) is 0 Å². The Morgan fingerprint density at radius 2 is 1.68 bits per heavy atom. The van der Waals surface area contributed by atoms with Crippen LogP contribution in [0.15, 0.2) is 47.4 Å². The van der Waals surface area contributed by atoms with E-state index < -0.39 is 0 Å². The molecule has 6 nitrogen and oxygen atoms in total. The molecule has 3 rings (SSSR count). The van der Waals surface area contributed by atoms with Gasteiger partial charge in [-0.3, -0.25) is 9.59 Å². The Morgan fingerprint density at radius 1 is 0.968 bits per heavy atom. The number of hydrogen-bond acceptors (Lipinski definition) is 5. The summed E-state index contributed by atoms with van der Waals surface area (Å²) in [6.45, 7) is 0. The first-order chi connectivity index (χ1) is 15.1. The van der Waals surface area contributed by atoms with E-state index in [9.17, 15) is 9.59 Å². The third-order valence-corrected chi connectivity index (χ3v) is 6.42. The van der Waals surface area contributed by atoms with E-state index in [2.05, 4.69) is 10.6 Å². The van der Waals surface area contributed by atoms with E-state index in [1.165, 1.54) is 24.6 Å². The van der Waals surface area contributed by atoms with Crippen LogP contribution in [0.5, 0.6) is 11.5 Å². The molecule has 2 amide bonds. The molecule has 0 atom stereocenters. The standard InChI is InChI=1S/C24H30N2O4S/c1-29-20-14-13-18(15-21(20)30-2)25-23(27)16-31-22-12-8-7-11-19(22)24(28)26-17-9-5-3-4-6-10-17/h7-8,11-15,17H,3-6,9-10,16H2,1-2H3,(H,25,27)(H,26,28). The lowest BCUT2D eigenvalue weighted by Crippen LogP contribution is -2.34. The second-order valence-electron chi connectivity index (χ2n) is 7.56. The molecule has 1 saturated carbocycles. The number of hydrogen-bond donors (Lipinski definition) is 2. The van der Waals surface area contributed by atoms with Crippen molar-refractivity contribution < 1.29 is 19.1 Å². The van der Waals surface area contributed by atoms with Gasteiger partial charge in [0.2, 0.25) is 5.91 Å². The highest BCUT2D eigenvalue weighted by molar-refractivity contribution is 8.00. The molecule has 1 aliphatic rings. The van der Waals surface area contributed by atoms with Crippen molar-refractivity contribution >= 4 is 29.3 Å². The van der Waals surface area contributed by atoms with Crippen LogP contribution in [-0.4, -0.2) is 37.8 Å². The van der Waals surface area contributed by atoms with Crippen molar-refractivity contribution in [3.8, 4) is 11.5 Å². The van der Waals surface area contributed by atoms with Crippen LogP contribution in [0.4, 0.5) is 5.69 Å². The molecule has 166 valence electrons. The zero-order valence-electron chi connectivity index (χ0n) is 18.1. The van der Waals surface area contributed by atoms with Gasteiger partial charge in [-0.2, -0.15) is 0 Å². The summed E-state index contributed by atoms with van der Waals surface area (Å²) in [5, 5.41) is 6.05. The molecule has 7 heteroatoms. The minimum atomic E-state index is -0.156. The van der Waals surface area contributed by atoms with Gasteiger partial charge in [0.15, 0.2) is 11.5 Å². The Bertz CT molecular complexity index is 895. The predicted octanol–water partition coefficient (Wildman–Crippen LogP) is 4.89. The normalized spacial score (nSPS) is 14.4. The molecule has 0 aromatic heterocycles. The number of carbonyl (C=O) groups excluding carboxylic acids is 2. The number of methoxy groups -OCH3 is 2. The zero-order valence-corrected chi connectivity index (χ0v) is 18.9. The van der Waals surface area contributed by atoms with E-state index in [1.807, 2.05) is 24.3 Å². The Labute approximate surface area is 188 Å². The Kier molecular flexibility index (Phi) is 8.64. The van der Waals surface area contributed by atoms with Crippen molar-refractivity contribution in [1.29, 1.82) is 0 Å². The second-order valence-corrected chi connectivity index (χ2v) is 8.58. The third kappa shape index (κ3) is 6.66. The molecule has 2 aromatic rings. The SMILES string of the molecule is COc1ccc(NC(=O)CSc2ccccc2C(=O)NC2CCCCCC2)cc1OC. The summed E-state index contributed by atoms with van der Waals surface area (Å²) in [7, 11) is 3.12. The van der Waals surface area contributed by atoms with Crippen molar-refractivity contribution in [2.45, 2.75) is 49.5 Å². The summed E-state index contributed by atoms with van der Waals surface area (Å²) in [4.78, 5) is 26.1. The van der Waals surface area contributed by atoms with Gasteiger partial charge in [-0.25, -0.2) is 0 Å². The fourth-order valence-corrected chi connectivity index (χ4v) is 4.57. The van der Waals surface area contributed by atoms with E-state index >= 15 is 0 Å². The van der Waals surface area contributed by atoms with Crippen molar-refractivity contribution in [2.75, 3.05) is 25.3 Å². The van der Waals surface area contributed by atoms with Gasteiger partial charge in [-0.1, -0.05) is 37.8 Å². The van der Waals surface area contributed by atoms with Crippen molar-refractivity contribution in [3.63, 3.8) is 0 Å². The van der Waals surface area contributed by atoms with Gasteiger partial charge < -0.3 is 20.1 Å². The molecule has 0 unspecified atom stereocenters. The fraction of sp³-hybridized carbons (Fsp3) is 0.417. The van der Waals surface area contributed by atoms with E-state index in [1.54, 1.807) is 32.4 Å². The van der Waals surface area contributed by atoms with E-state index in [0.29, 0.717) is 22.7 Å². The average molecular weight is 443 g/mol. The van der Waals surface area contributed by atoms with Gasteiger partial charge in [-0.15, -0.1) is 11.8 Å². The maximum atomic E-state index is 12.9. The number of thioether (sulfide) groups is 1. The Hall–Kier alpha value is -2.67. The summed E-state index contributed by atoms with van der Waals surface area (Å²) >= 11 is 1.36. The summed E-state index contributed by atoms with van der Waals surface area (Å²) < 4.78 is 10.5. The molecular weight excluding hydrogens is 412 g/mol. The number of rotatable bonds is 8. The Morgan fingerprint density at radius 3 is 2.39 bits per heavy atom. The molecule has 1 aliphatic carbocycles. The van der Waals surface area contributed by atoms with Gasteiger partial charge in [-0.05, 0) is 37.1 Å². The molecule has 0 saturated heterocycles. The minimum Gasteiger partial charge on any atom is -0.493 e. The average Bonchev–Trinajstić information content (AvgIpc) is 3.06. The number of benzene rings is 2. The second kappa shape index (κ2) is 11.6. The smallest absolute Gasteiger partial charge is 0.252 e. The van der Waals surface area contributed by atoms with Gasteiger partial charge in [0.05, 0.1) is 25.5 Å². The van der Waals surface area contributed by atoms with Crippen LogP contribution < -0.4 is 20.1 Å². The Balaban J connectivity index is 1.59.